The summed E-state index contributed by atoms with van der Waals surface area (Å²) in [4.78, 5) is 2.43. The lowest BCUT2D eigenvalue weighted by atomic mass is 10.0. The summed E-state index contributed by atoms with van der Waals surface area (Å²) >= 11 is 0. The summed E-state index contributed by atoms with van der Waals surface area (Å²) in [6.07, 6.45) is 4.01. The van der Waals surface area contributed by atoms with Crippen LogP contribution in [0.2, 0.25) is 0 Å². The molecule has 2 heteroatoms. The van der Waals surface area contributed by atoms with Crippen molar-refractivity contribution in [3.8, 4) is 0 Å². The molecule has 1 aliphatic rings. The first-order valence-corrected chi connectivity index (χ1v) is 5.33. The molecule has 0 aromatic heterocycles. The highest BCUT2D eigenvalue weighted by Gasteiger charge is 2.21. The molecule has 0 aromatic rings. The van der Waals surface area contributed by atoms with Gasteiger partial charge in [0.1, 0.15) is 0 Å². The van der Waals surface area contributed by atoms with Crippen LogP contribution < -0.4 is 0 Å². The first-order valence-electron chi connectivity index (χ1n) is 5.33. The molecule has 2 nitrogen and oxygen atoms in total. The zero-order valence-corrected chi connectivity index (χ0v) is 9.47. The van der Waals surface area contributed by atoms with E-state index >= 15 is 0 Å². The minimum absolute atomic E-state index is 0.0122. The number of hydrogen-bond donors (Lipinski definition) is 0. The normalized spacial score (nSPS) is 26.3. The lowest BCUT2D eigenvalue weighted by Gasteiger charge is -2.34. The lowest BCUT2D eigenvalue weighted by Crippen LogP contribution is -2.41. The molecule has 0 radical (unpaired) electrons. The smallest absolute Gasteiger partial charge is 0.0628 e. The van der Waals surface area contributed by atoms with Crippen molar-refractivity contribution in [2.45, 2.75) is 51.7 Å². The number of hydrogen-bond acceptors (Lipinski definition) is 2. The number of likely N-dealkylation sites (N-methyl/N-ethyl adjacent to an activating group) is 1. The molecule has 1 heterocycles. The van der Waals surface area contributed by atoms with E-state index in [0.29, 0.717) is 6.04 Å². The molecule has 78 valence electrons. The van der Waals surface area contributed by atoms with Gasteiger partial charge in [-0.15, -0.1) is 0 Å². The molecule has 0 saturated carbocycles. The van der Waals surface area contributed by atoms with E-state index in [4.69, 9.17) is 4.74 Å². The van der Waals surface area contributed by atoms with Crippen LogP contribution in [0.5, 0.6) is 0 Å². The van der Waals surface area contributed by atoms with Crippen molar-refractivity contribution in [3.05, 3.63) is 0 Å². The monoisotopic (exact) mass is 185 g/mol. The minimum Gasteiger partial charge on any atom is -0.374 e. The van der Waals surface area contributed by atoms with Gasteiger partial charge in [-0.2, -0.15) is 0 Å². The highest BCUT2D eigenvalue weighted by Crippen LogP contribution is 2.17. The fourth-order valence-electron chi connectivity index (χ4n) is 1.70. The van der Waals surface area contributed by atoms with Crippen LogP contribution in [-0.2, 0) is 4.74 Å². The van der Waals surface area contributed by atoms with Gasteiger partial charge in [0.2, 0.25) is 0 Å². The topological polar surface area (TPSA) is 12.5 Å². The second-order valence-electron chi connectivity index (χ2n) is 5.05. The fourth-order valence-corrected chi connectivity index (χ4v) is 1.70. The van der Waals surface area contributed by atoms with E-state index in [1.807, 2.05) is 0 Å². The second kappa shape index (κ2) is 4.43. The SMILES string of the molecule is CN1CCCCC1COC(C)(C)C. The van der Waals surface area contributed by atoms with Gasteiger partial charge >= 0.3 is 0 Å². The molecular formula is C11H23NO. The van der Waals surface area contributed by atoms with Gasteiger partial charge in [0.15, 0.2) is 0 Å². The number of nitrogens with zero attached hydrogens (tertiary/aromatic N) is 1. The fraction of sp³-hybridized carbons (Fsp3) is 1.00. The van der Waals surface area contributed by atoms with E-state index in [-0.39, 0.29) is 5.60 Å². The second-order valence-corrected chi connectivity index (χ2v) is 5.05. The average molecular weight is 185 g/mol. The summed E-state index contributed by atoms with van der Waals surface area (Å²) < 4.78 is 5.80. The van der Waals surface area contributed by atoms with E-state index < -0.39 is 0 Å². The van der Waals surface area contributed by atoms with Crippen LogP contribution in [0, 0.1) is 0 Å². The van der Waals surface area contributed by atoms with Gasteiger partial charge in [-0.3, -0.25) is 0 Å². The number of likely N-dealkylation sites (tertiary alicyclic amines) is 1. The predicted octanol–water partition coefficient (Wildman–Crippen LogP) is 2.29. The van der Waals surface area contributed by atoms with Gasteiger partial charge in [-0.25, -0.2) is 0 Å². The first kappa shape index (κ1) is 11.0. The summed E-state index contributed by atoms with van der Waals surface area (Å²) in [5.41, 5.74) is 0.0122. The average Bonchev–Trinajstić information content (AvgIpc) is 2.01. The van der Waals surface area contributed by atoms with Gasteiger partial charge in [-0.05, 0) is 47.2 Å². The van der Waals surface area contributed by atoms with Crippen molar-refractivity contribution in [1.29, 1.82) is 0 Å². The summed E-state index contributed by atoms with van der Waals surface area (Å²) in [6.45, 7) is 8.49. The highest BCUT2D eigenvalue weighted by atomic mass is 16.5. The van der Waals surface area contributed by atoms with Crippen molar-refractivity contribution in [1.82, 2.24) is 4.90 Å². The molecule has 1 fully saturated rings. The van der Waals surface area contributed by atoms with E-state index in [0.717, 1.165) is 6.61 Å². The number of ether oxygens (including phenoxy) is 1. The molecular weight excluding hydrogens is 162 g/mol. The predicted molar refractivity (Wildman–Crippen MR) is 56.0 cm³/mol. The molecule has 1 rings (SSSR count). The number of piperidine rings is 1. The van der Waals surface area contributed by atoms with Crippen LogP contribution in [0.1, 0.15) is 40.0 Å². The standard InChI is InChI=1S/C11H23NO/c1-11(2,3)13-9-10-7-5-6-8-12(10)4/h10H,5-9H2,1-4H3. The van der Waals surface area contributed by atoms with Gasteiger partial charge in [0.05, 0.1) is 12.2 Å². The van der Waals surface area contributed by atoms with Gasteiger partial charge in [-0.1, -0.05) is 6.42 Å². The summed E-state index contributed by atoms with van der Waals surface area (Å²) in [6, 6.07) is 0.646. The highest BCUT2D eigenvalue weighted by molar-refractivity contribution is 4.74. The van der Waals surface area contributed by atoms with Crippen LogP contribution in [-0.4, -0.2) is 36.7 Å². The van der Waals surface area contributed by atoms with Crippen LogP contribution in [0.25, 0.3) is 0 Å². The summed E-state index contributed by atoms with van der Waals surface area (Å²) in [7, 11) is 2.20. The molecule has 0 bridgehead atoms. The van der Waals surface area contributed by atoms with Crippen molar-refractivity contribution in [2.75, 3.05) is 20.2 Å². The molecule has 0 amide bonds. The largest absolute Gasteiger partial charge is 0.374 e. The third kappa shape index (κ3) is 4.10. The van der Waals surface area contributed by atoms with Crippen LogP contribution in [0.15, 0.2) is 0 Å². The number of rotatable bonds is 2. The Labute approximate surface area is 82.3 Å². The van der Waals surface area contributed by atoms with Crippen molar-refractivity contribution in [3.63, 3.8) is 0 Å². The quantitative estimate of drug-likeness (QED) is 0.654. The minimum atomic E-state index is 0.0122. The Bertz CT molecular complexity index is 151. The molecule has 0 N–H and O–H groups in total. The van der Waals surface area contributed by atoms with Gasteiger partial charge in [0, 0.05) is 6.04 Å². The van der Waals surface area contributed by atoms with Crippen molar-refractivity contribution >= 4 is 0 Å². The molecule has 0 aromatic carbocycles. The Morgan fingerprint density at radius 3 is 2.54 bits per heavy atom. The summed E-state index contributed by atoms with van der Waals surface area (Å²) in [5.74, 6) is 0. The van der Waals surface area contributed by atoms with Crippen molar-refractivity contribution < 1.29 is 4.74 Å². The molecule has 13 heavy (non-hydrogen) atoms. The molecule has 1 aliphatic heterocycles. The Kier molecular flexibility index (Phi) is 3.74. The van der Waals surface area contributed by atoms with E-state index in [1.165, 1.54) is 25.8 Å². The van der Waals surface area contributed by atoms with E-state index in [9.17, 15) is 0 Å². The maximum atomic E-state index is 5.80. The molecule has 1 unspecified atom stereocenters. The Morgan fingerprint density at radius 1 is 1.31 bits per heavy atom. The molecule has 0 spiro atoms. The van der Waals surface area contributed by atoms with Crippen LogP contribution >= 0.6 is 0 Å². The summed E-state index contributed by atoms with van der Waals surface area (Å²) in [5, 5.41) is 0. The molecule has 0 aliphatic carbocycles. The van der Waals surface area contributed by atoms with Crippen LogP contribution in [0.3, 0.4) is 0 Å². The van der Waals surface area contributed by atoms with Crippen LogP contribution in [0.4, 0.5) is 0 Å². The Hall–Kier alpha value is -0.0800. The Morgan fingerprint density at radius 2 is 2.00 bits per heavy atom. The van der Waals surface area contributed by atoms with Gasteiger partial charge < -0.3 is 9.64 Å². The molecule has 1 atom stereocenters. The zero-order valence-electron chi connectivity index (χ0n) is 9.47. The Balaban J connectivity index is 2.27. The third-order valence-electron chi connectivity index (χ3n) is 2.63. The maximum Gasteiger partial charge on any atom is 0.0628 e. The van der Waals surface area contributed by atoms with E-state index in [1.54, 1.807) is 0 Å². The van der Waals surface area contributed by atoms with Crippen molar-refractivity contribution in [2.24, 2.45) is 0 Å². The lowest BCUT2D eigenvalue weighted by molar-refractivity contribution is -0.0379. The maximum absolute atomic E-state index is 5.80. The molecule has 1 saturated heterocycles. The first-order chi connectivity index (χ1) is 5.99. The zero-order chi connectivity index (χ0) is 9.90. The van der Waals surface area contributed by atoms with Gasteiger partial charge in [0.25, 0.3) is 0 Å². The van der Waals surface area contributed by atoms with E-state index in [2.05, 4.69) is 32.7 Å². The third-order valence-corrected chi connectivity index (χ3v) is 2.63.